The fourth-order valence-electron chi connectivity index (χ4n) is 2.01. The molecule has 0 radical (unpaired) electrons. The van der Waals surface area contributed by atoms with Crippen LogP contribution in [0.25, 0.3) is 16.6 Å². The van der Waals surface area contributed by atoms with E-state index in [-0.39, 0.29) is 5.69 Å². The number of nitrogens with one attached hydrogen (secondary N) is 2. The Balaban J connectivity index is 2.48. The standard InChI is InChI=1S/C12H10ClN5O/c1-14-11-9-3-2-7(13)4-10(9)18(12(19)17-11)8-5-15-16-6-8/h2-6H,1H3,(H,15,16)(H,14,17,19). The van der Waals surface area contributed by atoms with Crippen molar-refractivity contribution in [3.8, 4) is 5.69 Å². The van der Waals surface area contributed by atoms with Crippen molar-refractivity contribution in [3.05, 3.63) is 46.1 Å². The maximum absolute atomic E-state index is 12.1. The van der Waals surface area contributed by atoms with Gasteiger partial charge in [0.05, 0.1) is 17.4 Å². The number of halogens is 1. The summed E-state index contributed by atoms with van der Waals surface area (Å²) in [7, 11) is 1.72. The molecule has 0 aliphatic heterocycles. The van der Waals surface area contributed by atoms with Crippen molar-refractivity contribution in [1.29, 1.82) is 0 Å². The van der Waals surface area contributed by atoms with E-state index in [0.717, 1.165) is 5.39 Å². The molecule has 0 bridgehead atoms. The van der Waals surface area contributed by atoms with Gasteiger partial charge in [0.2, 0.25) is 0 Å². The monoisotopic (exact) mass is 275 g/mol. The number of fused-ring (bicyclic) bond motifs is 1. The van der Waals surface area contributed by atoms with Gasteiger partial charge < -0.3 is 5.32 Å². The number of aromatic nitrogens is 4. The van der Waals surface area contributed by atoms with Crippen LogP contribution in [0, 0.1) is 0 Å². The van der Waals surface area contributed by atoms with Crippen LogP contribution in [-0.4, -0.2) is 26.8 Å². The van der Waals surface area contributed by atoms with Crippen molar-refractivity contribution in [2.24, 2.45) is 0 Å². The smallest absolute Gasteiger partial charge is 0.354 e. The molecule has 0 unspecified atom stereocenters. The summed E-state index contributed by atoms with van der Waals surface area (Å²) in [6, 6.07) is 5.32. The summed E-state index contributed by atoms with van der Waals surface area (Å²) in [6.07, 6.45) is 3.19. The normalized spacial score (nSPS) is 10.8. The molecule has 3 aromatic rings. The summed E-state index contributed by atoms with van der Waals surface area (Å²) in [6.45, 7) is 0. The molecule has 0 saturated carbocycles. The first-order chi connectivity index (χ1) is 9.20. The summed E-state index contributed by atoms with van der Waals surface area (Å²) in [5, 5.41) is 10.8. The Morgan fingerprint density at radius 3 is 2.95 bits per heavy atom. The Kier molecular flexibility index (Phi) is 2.72. The molecule has 6 nitrogen and oxygen atoms in total. The molecule has 19 heavy (non-hydrogen) atoms. The van der Waals surface area contributed by atoms with E-state index in [0.29, 0.717) is 22.0 Å². The Bertz CT molecular complexity index is 794. The molecular formula is C12H10ClN5O. The molecule has 2 N–H and O–H groups in total. The number of nitrogens with zero attached hydrogens (tertiary/aromatic N) is 3. The van der Waals surface area contributed by atoms with Crippen LogP contribution in [-0.2, 0) is 0 Å². The fraction of sp³-hybridized carbons (Fsp3) is 0.0833. The largest absolute Gasteiger partial charge is 0.372 e. The lowest BCUT2D eigenvalue weighted by Crippen LogP contribution is -2.22. The predicted octanol–water partition coefficient (Wildman–Crippen LogP) is 1.80. The summed E-state index contributed by atoms with van der Waals surface area (Å²) < 4.78 is 1.46. The number of H-pyrrole nitrogens is 1. The Labute approximate surface area is 113 Å². The van der Waals surface area contributed by atoms with Crippen molar-refractivity contribution in [2.75, 3.05) is 12.4 Å². The average Bonchev–Trinajstić information content (AvgIpc) is 2.91. The van der Waals surface area contributed by atoms with Gasteiger partial charge in [0.25, 0.3) is 0 Å². The molecule has 0 saturated heterocycles. The van der Waals surface area contributed by atoms with Crippen molar-refractivity contribution in [2.45, 2.75) is 0 Å². The highest BCUT2D eigenvalue weighted by atomic mass is 35.5. The zero-order chi connectivity index (χ0) is 13.4. The molecule has 0 aliphatic carbocycles. The maximum Gasteiger partial charge on any atom is 0.354 e. The molecule has 2 aromatic heterocycles. The van der Waals surface area contributed by atoms with Crippen LogP contribution in [0.5, 0.6) is 0 Å². The molecular weight excluding hydrogens is 266 g/mol. The minimum absolute atomic E-state index is 0.388. The van der Waals surface area contributed by atoms with Gasteiger partial charge in [-0.25, -0.2) is 4.79 Å². The fourth-order valence-corrected chi connectivity index (χ4v) is 2.17. The van der Waals surface area contributed by atoms with Gasteiger partial charge in [-0.05, 0) is 18.2 Å². The molecule has 0 aliphatic rings. The van der Waals surface area contributed by atoms with E-state index in [4.69, 9.17) is 11.6 Å². The number of anilines is 1. The van der Waals surface area contributed by atoms with Gasteiger partial charge in [0, 0.05) is 23.7 Å². The quantitative estimate of drug-likeness (QED) is 0.748. The highest BCUT2D eigenvalue weighted by molar-refractivity contribution is 6.31. The van der Waals surface area contributed by atoms with Crippen LogP contribution >= 0.6 is 11.6 Å². The highest BCUT2D eigenvalue weighted by Gasteiger charge is 2.12. The first-order valence-electron chi connectivity index (χ1n) is 5.60. The molecule has 0 fully saturated rings. The van der Waals surface area contributed by atoms with E-state index < -0.39 is 0 Å². The van der Waals surface area contributed by atoms with Crippen LogP contribution < -0.4 is 11.0 Å². The van der Waals surface area contributed by atoms with Gasteiger partial charge in [0.15, 0.2) is 0 Å². The van der Waals surface area contributed by atoms with Crippen LogP contribution in [0.2, 0.25) is 5.02 Å². The third-order valence-electron chi connectivity index (χ3n) is 2.83. The minimum Gasteiger partial charge on any atom is -0.372 e. The van der Waals surface area contributed by atoms with Crippen LogP contribution in [0.1, 0.15) is 0 Å². The molecule has 0 spiro atoms. The average molecular weight is 276 g/mol. The van der Waals surface area contributed by atoms with E-state index in [1.807, 2.05) is 6.07 Å². The SMILES string of the molecule is CNc1nc(=O)n(-c2cn[nH]c2)c2cc(Cl)ccc12. The van der Waals surface area contributed by atoms with Crippen LogP contribution in [0.15, 0.2) is 35.4 Å². The second-order valence-electron chi connectivity index (χ2n) is 3.95. The Morgan fingerprint density at radius 2 is 2.26 bits per heavy atom. The first-order valence-corrected chi connectivity index (χ1v) is 5.97. The lowest BCUT2D eigenvalue weighted by molar-refractivity contribution is 0.962. The number of hydrogen-bond acceptors (Lipinski definition) is 4. The van der Waals surface area contributed by atoms with E-state index in [1.165, 1.54) is 4.57 Å². The lowest BCUT2D eigenvalue weighted by Gasteiger charge is -2.10. The van der Waals surface area contributed by atoms with Gasteiger partial charge in [0.1, 0.15) is 5.82 Å². The third kappa shape index (κ3) is 1.86. The van der Waals surface area contributed by atoms with E-state index >= 15 is 0 Å². The third-order valence-corrected chi connectivity index (χ3v) is 3.07. The van der Waals surface area contributed by atoms with Crippen LogP contribution in [0.4, 0.5) is 5.82 Å². The summed E-state index contributed by atoms with van der Waals surface area (Å²) in [4.78, 5) is 16.2. The topological polar surface area (TPSA) is 75.6 Å². The number of aromatic amines is 1. The van der Waals surface area contributed by atoms with Gasteiger partial charge >= 0.3 is 5.69 Å². The van der Waals surface area contributed by atoms with E-state index in [9.17, 15) is 4.79 Å². The van der Waals surface area contributed by atoms with Crippen LogP contribution in [0.3, 0.4) is 0 Å². The van der Waals surface area contributed by atoms with E-state index in [1.54, 1.807) is 31.6 Å². The van der Waals surface area contributed by atoms with Gasteiger partial charge in [-0.1, -0.05) is 11.6 Å². The summed E-state index contributed by atoms with van der Waals surface area (Å²) in [5.41, 5.74) is 0.909. The molecule has 0 atom stereocenters. The summed E-state index contributed by atoms with van der Waals surface area (Å²) in [5.74, 6) is 0.524. The molecule has 0 amide bonds. The molecule has 96 valence electrons. The predicted molar refractivity (Wildman–Crippen MR) is 74.0 cm³/mol. The van der Waals surface area contributed by atoms with Gasteiger partial charge in [-0.2, -0.15) is 10.1 Å². The molecule has 1 aromatic carbocycles. The second kappa shape index (κ2) is 4.40. The zero-order valence-electron chi connectivity index (χ0n) is 10.0. The number of hydrogen-bond donors (Lipinski definition) is 2. The number of rotatable bonds is 2. The zero-order valence-corrected chi connectivity index (χ0v) is 10.8. The van der Waals surface area contributed by atoms with Crippen molar-refractivity contribution >= 4 is 28.3 Å². The minimum atomic E-state index is -0.388. The lowest BCUT2D eigenvalue weighted by atomic mass is 10.2. The highest BCUT2D eigenvalue weighted by Crippen LogP contribution is 2.24. The van der Waals surface area contributed by atoms with Crippen molar-refractivity contribution in [1.82, 2.24) is 19.7 Å². The van der Waals surface area contributed by atoms with Crippen molar-refractivity contribution < 1.29 is 0 Å². The second-order valence-corrected chi connectivity index (χ2v) is 4.38. The first kappa shape index (κ1) is 11.7. The van der Waals surface area contributed by atoms with E-state index in [2.05, 4.69) is 20.5 Å². The van der Waals surface area contributed by atoms with Gasteiger partial charge in [-0.15, -0.1) is 0 Å². The maximum atomic E-state index is 12.1. The number of benzene rings is 1. The Morgan fingerprint density at radius 1 is 1.42 bits per heavy atom. The van der Waals surface area contributed by atoms with Gasteiger partial charge in [-0.3, -0.25) is 9.67 Å². The summed E-state index contributed by atoms with van der Waals surface area (Å²) >= 11 is 6.02. The molecule has 3 rings (SSSR count). The van der Waals surface area contributed by atoms with Crippen molar-refractivity contribution in [3.63, 3.8) is 0 Å². The Hall–Kier alpha value is -2.34. The molecule has 2 heterocycles. The molecule has 7 heteroatoms.